The quantitative estimate of drug-likeness (QED) is 0.294. The van der Waals surface area contributed by atoms with Crippen LogP contribution in [-0.2, 0) is 12.8 Å². The third-order valence-electron chi connectivity index (χ3n) is 5.78. The summed E-state index contributed by atoms with van der Waals surface area (Å²) < 4.78 is 15.5. The number of pyridine rings is 1. The molecule has 31 heavy (non-hydrogen) atoms. The van der Waals surface area contributed by atoms with Crippen LogP contribution < -0.4 is 0 Å². The largest absolute Gasteiger partial charge is 0.303 e. The van der Waals surface area contributed by atoms with Gasteiger partial charge in [0.1, 0.15) is 11.6 Å². The molecule has 0 fully saturated rings. The highest BCUT2D eigenvalue weighted by molar-refractivity contribution is 5.61. The molecule has 2 aromatic heterocycles. The lowest BCUT2D eigenvalue weighted by atomic mass is 10.0. The Bertz CT molecular complexity index is 1150. The molecule has 0 bridgehead atoms. The SMILES string of the molecule is Cc1cc(-c2ccc(CCCCc3cccc(F)c3)cc2)nc(-n2c(C)ccc2C)c1. The van der Waals surface area contributed by atoms with Gasteiger partial charge < -0.3 is 4.57 Å². The molecule has 0 N–H and O–H groups in total. The normalized spacial score (nSPS) is 11.1. The van der Waals surface area contributed by atoms with Gasteiger partial charge in [0, 0.05) is 17.0 Å². The van der Waals surface area contributed by atoms with E-state index >= 15 is 0 Å². The first-order chi connectivity index (χ1) is 15.0. The van der Waals surface area contributed by atoms with E-state index in [0.717, 1.165) is 48.3 Å². The Labute approximate surface area is 184 Å². The van der Waals surface area contributed by atoms with Gasteiger partial charge in [-0.25, -0.2) is 9.37 Å². The van der Waals surface area contributed by atoms with Crippen molar-refractivity contribution in [3.05, 3.63) is 107 Å². The summed E-state index contributed by atoms with van der Waals surface area (Å²) in [4.78, 5) is 4.95. The highest BCUT2D eigenvalue weighted by Gasteiger charge is 2.09. The van der Waals surface area contributed by atoms with Crippen molar-refractivity contribution >= 4 is 0 Å². The number of nitrogens with zero attached hydrogens (tertiary/aromatic N) is 2. The first-order valence-corrected chi connectivity index (χ1v) is 11.0. The lowest BCUT2D eigenvalue weighted by Crippen LogP contribution is -2.03. The van der Waals surface area contributed by atoms with Crippen LogP contribution in [0.1, 0.15) is 40.9 Å². The number of halogens is 1. The van der Waals surface area contributed by atoms with Gasteiger partial charge in [-0.2, -0.15) is 0 Å². The summed E-state index contributed by atoms with van der Waals surface area (Å²) in [5.74, 6) is 0.819. The average Bonchev–Trinajstić information content (AvgIpc) is 3.09. The standard InChI is InChI=1S/C28H29FN2/c1-20-17-27(30-28(18-20)31-21(2)11-12-22(31)3)25-15-13-23(14-16-25)7-4-5-8-24-9-6-10-26(29)19-24/h6,9-19H,4-5,7-8H2,1-3H3. The minimum Gasteiger partial charge on any atom is -0.303 e. The first-order valence-electron chi connectivity index (χ1n) is 11.0. The van der Waals surface area contributed by atoms with E-state index in [0.29, 0.717) is 0 Å². The summed E-state index contributed by atoms with van der Waals surface area (Å²) in [7, 11) is 0. The Kier molecular flexibility index (Phi) is 6.31. The lowest BCUT2D eigenvalue weighted by Gasteiger charge is -2.12. The van der Waals surface area contributed by atoms with Crippen LogP contribution in [0.5, 0.6) is 0 Å². The molecule has 2 aromatic carbocycles. The van der Waals surface area contributed by atoms with Crippen molar-refractivity contribution in [3.63, 3.8) is 0 Å². The molecular weight excluding hydrogens is 383 g/mol. The van der Waals surface area contributed by atoms with Gasteiger partial charge in [-0.15, -0.1) is 0 Å². The maximum Gasteiger partial charge on any atom is 0.137 e. The van der Waals surface area contributed by atoms with Crippen molar-refractivity contribution in [1.29, 1.82) is 0 Å². The molecule has 3 heteroatoms. The third kappa shape index (κ3) is 5.11. The Morgan fingerprint density at radius 3 is 2.10 bits per heavy atom. The molecule has 158 valence electrons. The zero-order valence-electron chi connectivity index (χ0n) is 18.5. The number of aryl methyl sites for hydroxylation is 5. The van der Waals surface area contributed by atoms with Gasteiger partial charge in [0.15, 0.2) is 0 Å². The zero-order chi connectivity index (χ0) is 21.8. The van der Waals surface area contributed by atoms with E-state index in [2.05, 4.69) is 73.9 Å². The highest BCUT2D eigenvalue weighted by atomic mass is 19.1. The highest BCUT2D eigenvalue weighted by Crippen LogP contribution is 2.23. The molecule has 0 atom stereocenters. The molecule has 2 nitrogen and oxygen atoms in total. The van der Waals surface area contributed by atoms with Crippen LogP contribution in [0, 0.1) is 26.6 Å². The van der Waals surface area contributed by atoms with Crippen LogP contribution in [0.2, 0.25) is 0 Å². The molecule has 0 aliphatic rings. The minimum atomic E-state index is -0.150. The van der Waals surface area contributed by atoms with Gasteiger partial charge in [-0.05, 0) is 99.5 Å². The summed E-state index contributed by atoms with van der Waals surface area (Å²) in [5.41, 5.74) is 8.12. The molecule has 2 heterocycles. The molecule has 0 unspecified atom stereocenters. The van der Waals surface area contributed by atoms with Gasteiger partial charge in [0.25, 0.3) is 0 Å². The Hall–Kier alpha value is -3.20. The summed E-state index contributed by atoms with van der Waals surface area (Å²) in [5, 5.41) is 0. The van der Waals surface area contributed by atoms with Gasteiger partial charge in [0.05, 0.1) is 5.69 Å². The molecule has 0 aliphatic heterocycles. The van der Waals surface area contributed by atoms with Crippen LogP contribution >= 0.6 is 0 Å². The second-order valence-corrected chi connectivity index (χ2v) is 8.37. The number of unbranched alkanes of at least 4 members (excludes halogenated alkanes) is 1. The van der Waals surface area contributed by atoms with E-state index in [1.165, 1.54) is 28.6 Å². The van der Waals surface area contributed by atoms with Crippen molar-refractivity contribution in [2.24, 2.45) is 0 Å². The molecule has 0 amide bonds. The maximum absolute atomic E-state index is 13.3. The fourth-order valence-corrected chi connectivity index (χ4v) is 4.13. The van der Waals surface area contributed by atoms with Crippen molar-refractivity contribution in [2.75, 3.05) is 0 Å². The first kappa shape index (κ1) is 21.0. The Balaban J connectivity index is 1.42. The van der Waals surface area contributed by atoms with Crippen LogP contribution in [0.25, 0.3) is 17.1 Å². The van der Waals surface area contributed by atoms with E-state index in [9.17, 15) is 4.39 Å². The van der Waals surface area contributed by atoms with E-state index < -0.39 is 0 Å². The van der Waals surface area contributed by atoms with Gasteiger partial charge in [0.2, 0.25) is 0 Å². The van der Waals surface area contributed by atoms with E-state index in [-0.39, 0.29) is 5.82 Å². The zero-order valence-corrected chi connectivity index (χ0v) is 18.5. The van der Waals surface area contributed by atoms with Gasteiger partial charge in [-0.1, -0.05) is 36.4 Å². The van der Waals surface area contributed by atoms with Crippen LogP contribution in [0.15, 0.2) is 72.8 Å². The van der Waals surface area contributed by atoms with Crippen LogP contribution in [0.4, 0.5) is 4.39 Å². The fraction of sp³-hybridized carbons (Fsp3) is 0.250. The van der Waals surface area contributed by atoms with Gasteiger partial charge >= 0.3 is 0 Å². The second-order valence-electron chi connectivity index (χ2n) is 8.37. The average molecular weight is 413 g/mol. The van der Waals surface area contributed by atoms with Crippen molar-refractivity contribution in [1.82, 2.24) is 9.55 Å². The fourth-order valence-electron chi connectivity index (χ4n) is 4.13. The van der Waals surface area contributed by atoms with E-state index in [4.69, 9.17) is 4.98 Å². The number of hydrogen-bond acceptors (Lipinski definition) is 1. The Morgan fingerprint density at radius 2 is 1.42 bits per heavy atom. The lowest BCUT2D eigenvalue weighted by molar-refractivity contribution is 0.623. The summed E-state index contributed by atoms with van der Waals surface area (Å²) in [6, 6.07) is 24.2. The molecule has 0 radical (unpaired) electrons. The second kappa shape index (κ2) is 9.30. The molecule has 0 saturated heterocycles. The molecule has 0 aliphatic carbocycles. The van der Waals surface area contributed by atoms with Crippen molar-refractivity contribution in [2.45, 2.75) is 46.5 Å². The van der Waals surface area contributed by atoms with E-state index in [1.54, 1.807) is 12.1 Å². The summed E-state index contributed by atoms with van der Waals surface area (Å²) in [6.07, 6.45) is 4.10. The minimum absolute atomic E-state index is 0.150. The topological polar surface area (TPSA) is 17.8 Å². The Morgan fingerprint density at radius 1 is 0.742 bits per heavy atom. The molecule has 4 rings (SSSR count). The van der Waals surface area contributed by atoms with Crippen LogP contribution in [0.3, 0.4) is 0 Å². The number of hydrogen-bond donors (Lipinski definition) is 0. The molecule has 0 saturated carbocycles. The predicted molar refractivity (Wildman–Crippen MR) is 126 cm³/mol. The van der Waals surface area contributed by atoms with Crippen molar-refractivity contribution in [3.8, 4) is 17.1 Å². The molecular formula is C28H29FN2. The van der Waals surface area contributed by atoms with Crippen molar-refractivity contribution < 1.29 is 4.39 Å². The van der Waals surface area contributed by atoms with Crippen LogP contribution in [-0.4, -0.2) is 9.55 Å². The maximum atomic E-state index is 13.3. The number of rotatable bonds is 7. The number of aromatic nitrogens is 2. The van der Waals surface area contributed by atoms with Gasteiger partial charge in [-0.3, -0.25) is 0 Å². The smallest absolute Gasteiger partial charge is 0.137 e. The molecule has 0 spiro atoms. The van der Waals surface area contributed by atoms with E-state index in [1.807, 2.05) is 6.07 Å². The summed E-state index contributed by atoms with van der Waals surface area (Å²) in [6.45, 7) is 6.34. The predicted octanol–water partition coefficient (Wildman–Crippen LogP) is 7.17. The molecule has 4 aromatic rings. The third-order valence-corrected chi connectivity index (χ3v) is 5.78. The summed E-state index contributed by atoms with van der Waals surface area (Å²) >= 11 is 0. The monoisotopic (exact) mass is 412 g/mol. The number of benzene rings is 2.